The Balaban J connectivity index is 0.000000345. The van der Waals surface area contributed by atoms with E-state index in [4.69, 9.17) is 5.11 Å². The molecule has 0 radical (unpaired) electrons. The quantitative estimate of drug-likeness (QED) is 0.851. The second-order valence-electron chi connectivity index (χ2n) is 3.42. The standard InChI is InChI=1S/C7H5FO2.C7H5FO.CH4/c8-6-4-2-1-3-5(6)7(9)10;8-7-4-2-1-3-6(7)5-9;/h1-4H,(H,9,10);1-5H;1H4. The van der Waals surface area contributed by atoms with Crippen LogP contribution in [0.5, 0.6) is 0 Å². The zero-order chi connectivity index (χ0) is 14.3. The fourth-order valence-electron chi connectivity index (χ4n) is 1.21. The van der Waals surface area contributed by atoms with Gasteiger partial charge >= 0.3 is 5.97 Å². The summed E-state index contributed by atoms with van der Waals surface area (Å²) in [6, 6.07) is 11.1. The van der Waals surface area contributed by atoms with E-state index in [1.165, 1.54) is 30.3 Å². The maximum Gasteiger partial charge on any atom is 0.338 e. The molecular weight excluding hydrogens is 266 g/mol. The molecule has 2 aromatic rings. The van der Waals surface area contributed by atoms with Gasteiger partial charge in [-0.2, -0.15) is 0 Å². The van der Waals surface area contributed by atoms with E-state index in [-0.39, 0.29) is 18.6 Å². The highest BCUT2D eigenvalue weighted by molar-refractivity contribution is 5.87. The van der Waals surface area contributed by atoms with Crippen molar-refractivity contribution in [3.63, 3.8) is 0 Å². The molecule has 0 aliphatic carbocycles. The third-order valence-corrected chi connectivity index (χ3v) is 2.14. The Bertz CT molecular complexity index is 583. The molecule has 2 rings (SSSR count). The molecule has 0 fully saturated rings. The molecule has 0 aliphatic rings. The fraction of sp³-hybridized carbons (Fsp3) is 0.0667. The predicted octanol–water partition coefficient (Wildman–Crippen LogP) is 3.80. The summed E-state index contributed by atoms with van der Waals surface area (Å²) in [7, 11) is 0. The Labute approximate surface area is 115 Å². The highest BCUT2D eigenvalue weighted by Gasteiger charge is 2.06. The van der Waals surface area contributed by atoms with Crippen molar-refractivity contribution in [2.45, 2.75) is 7.43 Å². The number of carbonyl (C=O) groups excluding carboxylic acids is 1. The highest BCUT2D eigenvalue weighted by Crippen LogP contribution is 2.04. The van der Waals surface area contributed by atoms with Gasteiger partial charge in [-0.25, -0.2) is 13.6 Å². The molecule has 0 atom stereocenters. The lowest BCUT2D eigenvalue weighted by atomic mass is 10.2. The molecule has 0 aromatic heterocycles. The molecule has 106 valence electrons. The van der Waals surface area contributed by atoms with Crippen molar-refractivity contribution >= 4 is 12.3 Å². The lowest BCUT2D eigenvalue weighted by Gasteiger charge is -1.92. The van der Waals surface area contributed by atoms with Gasteiger partial charge in [0.25, 0.3) is 0 Å². The van der Waals surface area contributed by atoms with Crippen LogP contribution in [0.2, 0.25) is 0 Å². The Morgan fingerprint density at radius 2 is 1.45 bits per heavy atom. The van der Waals surface area contributed by atoms with Crippen molar-refractivity contribution in [3.8, 4) is 0 Å². The number of carboxylic acid groups (broad SMARTS) is 1. The molecule has 0 bridgehead atoms. The lowest BCUT2D eigenvalue weighted by molar-refractivity contribution is 0.0691. The van der Waals surface area contributed by atoms with Crippen LogP contribution >= 0.6 is 0 Å². The van der Waals surface area contributed by atoms with Crippen LogP contribution in [0, 0.1) is 11.6 Å². The second kappa shape index (κ2) is 8.53. The molecule has 1 N–H and O–H groups in total. The number of hydrogen-bond donors (Lipinski definition) is 1. The van der Waals surface area contributed by atoms with E-state index in [1.54, 1.807) is 12.1 Å². The van der Waals surface area contributed by atoms with Crippen LogP contribution in [0.3, 0.4) is 0 Å². The van der Waals surface area contributed by atoms with Crippen molar-refractivity contribution in [1.82, 2.24) is 0 Å². The summed E-state index contributed by atoms with van der Waals surface area (Å²) in [5.41, 5.74) is -0.181. The van der Waals surface area contributed by atoms with Crippen LogP contribution in [0.15, 0.2) is 48.5 Å². The third-order valence-electron chi connectivity index (χ3n) is 2.14. The van der Waals surface area contributed by atoms with E-state index in [0.717, 1.165) is 6.07 Å². The van der Waals surface area contributed by atoms with Gasteiger partial charge in [-0.15, -0.1) is 0 Å². The van der Waals surface area contributed by atoms with Crippen molar-refractivity contribution in [2.24, 2.45) is 0 Å². The maximum atomic E-state index is 12.5. The number of aromatic carboxylic acids is 1. The van der Waals surface area contributed by atoms with E-state index in [0.29, 0.717) is 6.29 Å². The Hall–Kier alpha value is -2.56. The summed E-state index contributed by atoms with van der Waals surface area (Å²) < 4.78 is 24.8. The number of carboxylic acids is 1. The van der Waals surface area contributed by atoms with Gasteiger partial charge in [0.05, 0.1) is 11.1 Å². The van der Waals surface area contributed by atoms with Gasteiger partial charge in [-0.3, -0.25) is 4.79 Å². The van der Waals surface area contributed by atoms with Gasteiger partial charge in [0.2, 0.25) is 0 Å². The highest BCUT2D eigenvalue weighted by atomic mass is 19.1. The van der Waals surface area contributed by atoms with Crippen LogP contribution in [0.1, 0.15) is 28.1 Å². The van der Waals surface area contributed by atoms with Crippen LogP contribution in [0.4, 0.5) is 8.78 Å². The first kappa shape index (κ1) is 17.4. The summed E-state index contributed by atoms with van der Waals surface area (Å²) >= 11 is 0. The van der Waals surface area contributed by atoms with Crippen molar-refractivity contribution < 1.29 is 23.5 Å². The van der Waals surface area contributed by atoms with Crippen LogP contribution < -0.4 is 0 Å². The summed E-state index contributed by atoms with van der Waals surface area (Å²) in [6.07, 6.45) is 0.495. The number of hydrogen-bond acceptors (Lipinski definition) is 2. The molecule has 0 heterocycles. The third kappa shape index (κ3) is 4.97. The minimum Gasteiger partial charge on any atom is -0.478 e. The van der Waals surface area contributed by atoms with E-state index in [1.807, 2.05) is 0 Å². The number of rotatable bonds is 2. The predicted molar refractivity (Wildman–Crippen MR) is 71.9 cm³/mol. The summed E-state index contributed by atoms with van der Waals surface area (Å²) in [4.78, 5) is 20.2. The molecule has 5 heteroatoms. The van der Waals surface area contributed by atoms with Crippen LogP contribution in [0.25, 0.3) is 0 Å². The Morgan fingerprint density at radius 1 is 0.950 bits per heavy atom. The number of aldehydes is 1. The van der Waals surface area contributed by atoms with Crippen LogP contribution in [-0.2, 0) is 0 Å². The molecule has 3 nitrogen and oxygen atoms in total. The zero-order valence-corrected chi connectivity index (χ0v) is 9.72. The molecule has 0 saturated carbocycles. The van der Waals surface area contributed by atoms with Gasteiger partial charge in [0, 0.05) is 0 Å². The second-order valence-corrected chi connectivity index (χ2v) is 3.42. The topological polar surface area (TPSA) is 54.4 Å². The average molecular weight is 280 g/mol. The first-order valence-electron chi connectivity index (χ1n) is 5.23. The molecule has 0 amide bonds. The number of halogens is 2. The van der Waals surface area contributed by atoms with E-state index in [2.05, 4.69) is 0 Å². The lowest BCUT2D eigenvalue weighted by Crippen LogP contribution is -1.98. The summed E-state index contributed by atoms with van der Waals surface area (Å²) in [6.45, 7) is 0. The van der Waals surface area contributed by atoms with E-state index >= 15 is 0 Å². The normalized spacial score (nSPS) is 8.70. The molecule has 0 spiro atoms. The van der Waals surface area contributed by atoms with Gasteiger partial charge in [-0.05, 0) is 24.3 Å². The Morgan fingerprint density at radius 3 is 1.80 bits per heavy atom. The largest absolute Gasteiger partial charge is 0.478 e. The van der Waals surface area contributed by atoms with Crippen molar-refractivity contribution in [3.05, 3.63) is 71.3 Å². The summed E-state index contributed by atoms with van der Waals surface area (Å²) in [5.74, 6) is -2.40. The summed E-state index contributed by atoms with van der Waals surface area (Å²) in [5, 5.41) is 8.33. The first-order chi connectivity index (χ1) is 9.06. The van der Waals surface area contributed by atoms with Crippen LogP contribution in [-0.4, -0.2) is 17.4 Å². The minimum atomic E-state index is -1.24. The SMILES string of the molecule is C.O=C(O)c1ccccc1F.O=Cc1ccccc1F. The molecule has 0 saturated heterocycles. The molecule has 20 heavy (non-hydrogen) atoms. The van der Waals surface area contributed by atoms with Gasteiger partial charge in [-0.1, -0.05) is 31.7 Å². The minimum absolute atomic E-state index is 0. The molecular formula is C15H14F2O3. The Kier molecular flexibility index (Phi) is 7.43. The smallest absolute Gasteiger partial charge is 0.338 e. The first-order valence-corrected chi connectivity index (χ1v) is 5.23. The van der Waals surface area contributed by atoms with Gasteiger partial charge < -0.3 is 5.11 Å². The average Bonchev–Trinajstić information content (AvgIpc) is 2.40. The number of carbonyl (C=O) groups is 2. The maximum absolute atomic E-state index is 12.5. The van der Waals surface area contributed by atoms with Gasteiger partial charge in [0.15, 0.2) is 6.29 Å². The van der Waals surface area contributed by atoms with Crippen molar-refractivity contribution in [1.29, 1.82) is 0 Å². The molecule has 0 unspecified atom stereocenters. The zero-order valence-electron chi connectivity index (χ0n) is 9.72. The van der Waals surface area contributed by atoms with Gasteiger partial charge in [0.1, 0.15) is 11.6 Å². The molecule has 2 aromatic carbocycles. The van der Waals surface area contributed by atoms with E-state index < -0.39 is 17.6 Å². The van der Waals surface area contributed by atoms with E-state index in [9.17, 15) is 18.4 Å². The van der Waals surface area contributed by atoms with Crippen molar-refractivity contribution in [2.75, 3.05) is 0 Å². The number of benzene rings is 2. The monoisotopic (exact) mass is 280 g/mol. The molecule has 0 aliphatic heterocycles. The fourth-order valence-corrected chi connectivity index (χ4v) is 1.21.